The largest absolute Gasteiger partial charge is 0.455 e. The van der Waals surface area contributed by atoms with Crippen molar-refractivity contribution in [2.45, 2.75) is 25.8 Å². The van der Waals surface area contributed by atoms with Gasteiger partial charge in [-0.1, -0.05) is 24.9 Å². The molecule has 13 nitrogen and oxygen atoms in total. The van der Waals surface area contributed by atoms with E-state index < -0.39 is 18.0 Å². The first kappa shape index (κ1) is 30.7. The second-order valence-corrected chi connectivity index (χ2v) is 11.5. The molecule has 6 rings (SSSR count). The lowest BCUT2D eigenvalue weighted by Gasteiger charge is -2.40. The standard InChI is InChI=1S/C29H28BrClFN9O4/c1-2-3-8-44-29(43)40-7-6-39(13-17(40)14-42)28-19(30)10-23-26(38-28)27(35-15-33-23)37-22-11-20(31)24(12-21(22)32)45-18-4-5-41-25(9-18)34-16-36-41/h4-5,9-12,15-17,42H,2-3,6-8,13-14H2,1H3,(H,33,35,37)/t17-/m0/s1. The van der Waals surface area contributed by atoms with Crippen LogP contribution in [0.15, 0.2) is 53.7 Å². The number of aliphatic hydroxyl groups is 1. The fourth-order valence-electron chi connectivity index (χ4n) is 4.91. The molecule has 16 heteroatoms. The van der Waals surface area contributed by atoms with Crippen molar-refractivity contribution >= 4 is 67.6 Å². The number of amides is 1. The molecule has 0 radical (unpaired) electrons. The van der Waals surface area contributed by atoms with Crippen molar-refractivity contribution in [1.29, 1.82) is 0 Å². The summed E-state index contributed by atoms with van der Waals surface area (Å²) in [7, 11) is 0. The summed E-state index contributed by atoms with van der Waals surface area (Å²) < 4.78 is 28.8. The van der Waals surface area contributed by atoms with Gasteiger partial charge in [0.1, 0.15) is 41.3 Å². The molecular weight excluding hydrogens is 673 g/mol. The zero-order chi connectivity index (χ0) is 31.5. The molecule has 1 fully saturated rings. The number of pyridine rings is 2. The summed E-state index contributed by atoms with van der Waals surface area (Å²) in [6.07, 6.45) is 5.68. The van der Waals surface area contributed by atoms with Crippen LogP contribution in [-0.4, -0.2) is 84.5 Å². The first-order valence-electron chi connectivity index (χ1n) is 14.2. The summed E-state index contributed by atoms with van der Waals surface area (Å²) in [5.41, 5.74) is 1.52. The molecule has 5 aromatic rings. The Morgan fingerprint density at radius 2 is 2.07 bits per heavy atom. The molecule has 1 aliphatic rings. The van der Waals surface area contributed by atoms with Crippen LogP contribution in [-0.2, 0) is 4.74 Å². The van der Waals surface area contributed by atoms with Crippen LogP contribution in [0.4, 0.5) is 26.5 Å². The molecule has 0 bridgehead atoms. The van der Waals surface area contributed by atoms with E-state index in [1.165, 1.54) is 24.8 Å². The number of carbonyl (C=O) groups is 1. The van der Waals surface area contributed by atoms with Gasteiger partial charge in [0.2, 0.25) is 0 Å². The Kier molecular flexibility index (Phi) is 9.09. The van der Waals surface area contributed by atoms with Crippen LogP contribution in [0.25, 0.3) is 16.7 Å². The molecule has 1 saturated heterocycles. The highest BCUT2D eigenvalue weighted by molar-refractivity contribution is 9.10. The van der Waals surface area contributed by atoms with Gasteiger partial charge in [0.05, 0.1) is 40.0 Å². The normalized spacial score (nSPS) is 15.1. The lowest BCUT2D eigenvalue weighted by Crippen LogP contribution is -2.57. The second kappa shape index (κ2) is 13.3. The minimum absolute atomic E-state index is 0.0575. The third kappa shape index (κ3) is 6.55. The number of halogens is 3. The van der Waals surface area contributed by atoms with E-state index in [2.05, 4.69) is 41.3 Å². The van der Waals surface area contributed by atoms with Gasteiger partial charge in [-0.25, -0.2) is 33.6 Å². The van der Waals surface area contributed by atoms with Gasteiger partial charge < -0.3 is 24.8 Å². The Morgan fingerprint density at radius 1 is 1.20 bits per heavy atom. The molecule has 2 N–H and O–H groups in total. The molecule has 0 unspecified atom stereocenters. The van der Waals surface area contributed by atoms with E-state index in [4.69, 9.17) is 26.1 Å². The molecule has 5 heterocycles. The number of rotatable bonds is 9. The van der Waals surface area contributed by atoms with E-state index in [1.54, 1.807) is 33.8 Å². The molecule has 0 saturated carbocycles. The zero-order valence-corrected chi connectivity index (χ0v) is 26.4. The topological polar surface area (TPSA) is 143 Å². The molecule has 1 aliphatic heterocycles. The van der Waals surface area contributed by atoms with Crippen molar-refractivity contribution in [2.75, 3.05) is 43.1 Å². The number of piperazine rings is 1. The molecule has 45 heavy (non-hydrogen) atoms. The first-order chi connectivity index (χ1) is 21.8. The Hall–Kier alpha value is -4.34. The Bertz CT molecular complexity index is 1860. The lowest BCUT2D eigenvalue weighted by molar-refractivity contribution is 0.0632. The van der Waals surface area contributed by atoms with Crippen molar-refractivity contribution in [3.8, 4) is 11.5 Å². The first-order valence-corrected chi connectivity index (χ1v) is 15.4. The summed E-state index contributed by atoms with van der Waals surface area (Å²) in [5, 5.41) is 17.3. The monoisotopic (exact) mass is 699 g/mol. The number of nitrogens with zero attached hydrogens (tertiary/aromatic N) is 8. The molecule has 1 atom stereocenters. The second-order valence-electron chi connectivity index (χ2n) is 10.2. The summed E-state index contributed by atoms with van der Waals surface area (Å²) in [6.45, 7) is 3.22. The molecule has 0 aliphatic carbocycles. The van der Waals surface area contributed by atoms with Crippen LogP contribution < -0.4 is 15.0 Å². The van der Waals surface area contributed by atoms with Gasteiger partial charge in [-0.3, -0.25) is 4.90 Å². The van der Waals surface area contributed by atoms with Gasteiger partial charge in [-0.2, -0.15) is 5.10 Å². The summed E-state index contributed by atoms with van der Waals surface area (Å²) in [5.74, 6) is 0.720. The molecule has 1 aromatic carbocycles. The number of hydrogen-bond donors (Lipinski definition) is 2. The quantitative estimate of drug-likeness (QED) is 0.186. The van der Waals surface area contributed by atoms with Crippen LogP contribution in [0.5, 0.6) is 11.5 Å². The van der Waals surface area contributed by atoms with Crippen LogP contribution in [0.3, 0.4) is 0 Å². The molecule has 234 valence electrons. The highest BCUT2D eigenvalue weighted by Gasteiger charge is 2.32. The summed E-state index contributed by atoms with van der Waals surface area (Å²) in [4.78, 5) is 33.7. The number of hydrogen-bond acceptors (Lipinski definition) is 11. The van der Waals surface area contributed by atoms with E-state index in [1.807, 2.05) is 11.8 Å². The maximum absolute atomic E-state index is 15.4. The number of fused-ring (bicyclic) bond motifs is 2. The number of carbonyl (C=O) groups excluding carboxylic acids is 1. The maximum Gasteiger partial charge on any atom is 0.410 e. The van der Waals surface area contributed by atoms with Crippen LogP contribution in [0.2, 0.25) is 5.02 Å². The zero-order valence-electron chi connectivity index (χ0n) is 24.0. The number of anilines is 3. The Balaban J connectivity index is 1.23. The minimum atomic E-state index is -0.630. The van der Waals surface area contributed by atoms with Gasteiger partial charge in [-0.15, -0.1) is 0 Å². The van der Waals surface area contributed by atoms with Gasteiger partial charge in [0.25, 0.3) is 0 Å². The SMILES string of the molecule is CCCCOC(=O)N1CCN(c2nc3c(Nc4cc(Cl)c(Oc5ccn6ncnc6c5)cc4F)ncnc3cc2Br)C[C@H]1CO. The van der Waals surface area contributed by atoms with Crippen LogP contribution in [0.1, 0.15) is 19.8 Å². The predicted molar refractivity (Wildman–Crippen MR) is 169 cm³/mol. The fourth-order valence-corrected chi connectivity index (χ4v) is 5.67. The molecular formula is C29H28BrClFN9O4. The van der Waals surface area contributed by atoms with Gasteiger partial charge >= 0.3 is 6.09 Å². The Morgan fingerprint density at radius 3 is 2.89 bits per heavy atom. The van der Waals surface area contributed by atoms with Gasteiger partial charge in [-0.05, 0) is 40.5 Å². The average Bonchev–Trinajstić information content (AvgIpc) is 3.51. The molecule has 1 amide bonds. The number of ether oxygens (including phenoxy) is 2. The third-order valence-electron chi connectivity index (χ3n) is 7.25. The van der Waals surface area contributed by atoms with E-state index in [9.17, 15) is 9.90 Å². The van der Waals surface area contributed by atoms with Gasteiger partial charge in [0, 0.05) is 38.0 Å². The summed E-state index contributed by atoms with van der Waals surface area (Å²) in [6, 6.07) is 7.20. The lowest BCUT2D eigenvalue weighted by atomic mass is 10.2. The van der Waals surface area contributed by atoms with E-state index >= 15 is 4.39 Å². The Labute approximate surface area is 270 Å². The van der Waals surface area contributed by atoms with Crippen molar-refractivity contribution in [3.63, 3.8) is 0 Å². The summed E-state index contributed by atoms with van der Waals surface area (Å²) >= 11 is 10.1. The van der Waals surface area contributed by atoms with Crippen LogP contribution in [0, 0.1) is 5.82 Å². The van der Waals surface area contributed by atoms with Crippen molar-refractivity contribution in [3.05, 3.63) is 64.5 Å². The third-order valence-corrected chi connectivity index (χ3v) is 8.13. The van der Waals surface area contributed by atoms with Crippen LogP contribution >= 0.6 is 27.5 Å². The maximum atomic E-state index is 15.4. The molecule has 0 spiro atoms. The van der Waals surface area contributed by atoms with Crippen molar-refractivity contribution < 1.29 is 23.8 Å². The highest BCUT2D eigenvalue weighted by atomic mass is 79.9. The number of aromatic nitrogens is 6. The van der Waals surface area contributed by atoms with E-state index in [0.717, 1.165) is 12.8 Å². The predicted octanol–water partition coefficient (Wildman–Crippen LogP) is 5.58. The number of aliphatic hydroxyl groups excluding tert-OH is 1. The van der Waals surface area contributed by atoms with E-state index in [0.29, 0.717) is 59.0 Å². The number of benzene rings is 1. The molecule has 4 aromatic heterocycles. The highest BCUT2D eigenvalue weighted by Crippen LogP contribution is 2.36. The van der Waals surface area contributed by atoms with E-state index in [-0.39, 0.29) is 28.9 Å². The fraction of sp³-hybridized carbons (Fsp3) is 0.310. The average molecular weight is 701 g/mol. The minimum Gasteiger partial charge on any atom is -0.455 e. The number of unbranched alkanes of at least 4 members (excludes halogenated alkanes) is 1. The van der Waals surface area contributed by atoms with Gasteiger partial charge in [0.15, 0.2) is 11.5 Å². The van der Waals surface area contributed by atoms with Crippen molar-refractivity contribution in [1.82, 2.24) is 34.4 Å². The van der Waals surface area contributed by atoms with Crippen molar-refractivity contribution in [2.24, 2.45) is 0 Å². The number of nitrogens with one attached hydrogen (secondary N) is 1. The smallest absolute Gasteiger partial charge is 0.410 e.